The summed E-state index contributed by atoms with van der Waals surface area (Å²) in [6.45, 7) is 0. The Kier molecular flexibility index (Phi) is 3.61. The summed E-state index contributed by atoms with van der Waals surface area (Å²) in [5.41, 5.74) is 0.780. The van der Waals surface area contributed by atoms with Crippen molar-refractivity contribution in [3.8, 4) is 11.5 Å². The SMILES string of the molecule is COc1ccc(C(=O)Nc2noc3ncccc23)cc1OC. The van der Waals surface area contributed by atoms with Gasteiger partial charge in [0.1, 0.15) is 0 Å². The van der Waals surface area contributed by atoms with Gasteiger partial charge in [0.25, 0.3) is 11.6 Å². The molecule has 0 saturated heterocycles. The smallest absolute Gasteiger partial charge is 0.259 e. The van der Waals surface area contributed by atoms with Crippen LogP contribution in [0.1, 0.15) is 10.4 Å². The van der Waals surface area contributed by atoms with Gasteiger partial charge in [0, 0.05) is 11.8 Å². The van der Waals surface area contributed by atoms with Crippen LogP contribution in [0.25, 0.3) is 11.1 Å². The molecule has 22 heavy (non-hydrogen) atoms. The zero-order valence-corrected chi connectivity index (χ0v) is 12.0. The molecule has 0 atom stereocenters. The second kappa shape index (κ2) is 5.72. The molecule has 0 fully saturated rings. The van der Waals surface area contributed by atoms with Gasteiger partial charge >= 0.3 is 0 Å². The Labute approximate surface area is 125 Å². The van der Waals surface area contributed by atoms with E-state index in [2.05, 4.69) is 15.5 Å². The van der Waals surface area contributed by atoms with Gasteiger partial charge in [-0.05, 0) is 30.3 Å². The van der Waals surface area contributed by atoms with Gasteiger partial charge in [-0.1, -0.05) is 5.16 Å². The highest BCUT2D eigenvalue weighted by atomic mass is 16.5. The maximum absolute atomic E-state index is 12.3. The summed E-state index contributed by atoms with van der Waals surface area (Å²) >= 11 is 0. The molecule has 1 amide bonds. The average molecular weight is 299 g/mol. The molecule has 0 bridgehead atoms. The Morgan fingerprint density at radius 3 is 2.77 bits per heavy atom. The summed E-state index contributed by atoms with van der Waals surface area (Å²) < 4.78 is 15.4. The minimum absolute atomic E-state index is 0.322. The van der Waals surface area contributed by atoms with Crippen LogP contribution in [0.3, 0.4) is 0 Å². The fourth-order valence-electron chi connectivity index (χ4n) is 2.03. The van der Waals surface area contributed by atoms with Gasteiger partial charge in [0.15, 0.2) is 17.3 Å². The average Bonchev–Trinajstić information content (AvgIpc) is 2.97. The first-order valence-electron chi connectivity index (χ1n) is 6.46. The molecule has 1 aromatic carbocycles. The van der Waals surface area contributed by atoms with Crippen molar-refractivity contribution in [2.75, 3.05) is 19.5 Å². The number of hydrogen-bond donors (Lipinski definition) is 1. The number of hydrogen-bond acceptors (Lipinski definition) is 6. The molecule has 1 N–H and O–H groups in total. The molecule has 0 aliphatic rings. The van der Waals surface area contributed by atoms with E-state index in [9.17, 15) is 4.79 Å². The van der Waals surface area contributed by atoms with E-state index in [1.807, 2.05) is 0 Å². The predicted octanol–water partition coefficient (Wildman–Crippen LogP) is 2.49. The van der Waals surface area contributed by atoms with E-state index >= 15 is 0 Å². The van der Waals surface area contributed by atoms with Gasteiger partial charge in [0.05, 0.1) is 19.6 Å². The molecule has 7 nitrogen and oxygen atoms in total. The molecular weight excluding hydrogens is 286 g/mol. The normalized spacial score (nSPS) is 10.5. The van der Waals surface area contributed by atoms with Crippen LogP contribution in [0.5, 0.6) is 11.5 Å². The van der Waals surface area contributed by atoms with Crippen molar-refractivity contribution < 1.29 is 18.8 Å². The summed E-state index contributed by atoms with van der Waals surface area (Å²) in [5.74, 6) is 1.01. The molecule has 0 aliphatic heterocycles. The predicted molar refractivity (Wildman–Crippen MR) is 79.3 cm³/mol. The van der Waals surface area contributed by atoms with E-state index in [1.165, 1.54) is 14.2 Å². The van der Waals surface area contributed by atoms with Crippen LogP contribution < -0.4 is 14.8 Å². The monoisotopic (exact) mass is 299 g/mol. The van der Waals surface area contributed by atoms with Crippen molar-refractivity contribution in [2.45, 2.75) is 0 Å². The van der Waals surface area contributed by atoms with Gasteiger partial charge in [-0.15, -0.1) is 0 Å². The minimum Gasteiger partial charge on any atom is -0.493 e. The number of aromatic nitrogens is 2. The number of methoxy groups -OCH3 is 2. The molecule has 0 saturated carbocycles. The lowest BCUT2D eigenvalue weighted by molar-refractivity contribution is 0.102. The highest BCUT2D eigenvalue weighted by Crippen LogP contribution is 2.28. The highest BCUT2D eigenvalue weighted by Gasteiger charge is 2.15. The molecule has 0 aliphatic carbocycles. The first-order valence-corrected chi connectivity index (χ1v) is 6.46. The largest absolute Gasteiger partial charge is 0.493 e. The third-order valence-electron chi connectivity index (χ3n) is 3.13. The zero-order chi connectivity index (χ0) is 15.5. The first kappa shape index (κ1) is 13.9. The van der Waals surface area contributed by atoms with E-state index in [1.54, 1.807) is 36.5 Å². The Hall–Kier alpha value is -3.09. The number of nitrogens with one attached hydrogen (secondary N) is 1. The maximum atomic E-state index is 12.3. The fourth-order valence-corrected chi connectivity index (χ4v) is 2.03. The van der Waals surface area contributed by atoms with Crippen LogP contribution in [0.15, 0.2) is 41.1 Å². The van der Waals surface area contributed by atoms with Gasteiger partial charge in [-0.3, -0.25) is 4.79 Å². The van der Waals surface area contributed by atoms with E-state index in [0.29, 0.717) is 34.0 Å². The Morgan fingerprint density at radius 1 is 1.18 bits per heavy atom. The Bertz CT molecular complexity index is 829. The van der Waals surface area contributed by atoms with Gasteiger partial charge in [-0.2, -0.15) is 0 Å². The number of nitrogens with zero attached hydrogens (tertiary/aromatic N) is 2. The lowest BCUT2D eigenvalue weighted by Crippen LogP contribution is -2.12. The van der Waals surface area contributed by atoms with E-state index in [0.717, 1.165) is 0 Å². The van der Waals surface area contributed by atoms with Gasteiger partial charge < -0.3 is 19.3 Å². The number of amides is 1. The van der Waals surface area contributed by atoms with Crippen LogP contribution in [0.4, 0.5) is 5.82 Å². The number of carbonyl (C=O) groups excluding carboxylic acids is 1. The number of pyridine rings is 1. The van der Waals surface area contributed by atoms with Crippen molar-refractivity contribution in [3.05, 3.63) is 42.1 Å². The van der Waals surface area contributed by atoms with Crippen LogP contribution >= 0.6 is 0 Å². The van der Waals surface area contributed by atoms with Crippen molar-refractivity contribution in [3.63, 3.8) is 0 Å². The molecule has 2 heterocycles. The second-order valence-electron chi connectivity index (χ2n) is 4.41. The maximum Gasteiger partial charge on any atom is 0.259 e. The van der Waals surface area contributed by atoms with E-state index in [4.69, 9.17) is 14.0 Å². The number of benzene rings is 1. The quantitative estimate of drug-likeness (QED) is 0.796. The highest BCUT2D eigenvalue weighted by molar-refractivity contribution is 6.07. The van der Waals surface area contributed by atoms with Crippen LogP contribution in [-0.4, -0.2) is 30.3 Å². The summed E-state index contributed by atoms with van der Waals surface area (Å²) in [5, 5.41) is 7.14. The lowest BCUT2D eigenvalue weighted by atomic mass is 10.2. The molecule has 3 rings (SSSR count). The zero-order valence-electron chi connectivity index (χ0n) is 12.0. The molecule has 0 spiro atoms. The van der Waals surface area contributed by atoms with E-state index < -0.39 is 0 Å². The van der Waals surface area contributed by atoms with Crippen molar-refractivity contribution in [1.82, 2.24) is 10.1 Å². The standard InChI is InChI=1S/C15H13N3O4/c1-20-11-6-5-9(8-12(11)21-2)14(19)17-13-10-4-3-7-16-15(10)22-18-13/h3-8H,1-2H3,(H,17,18,19). The molecule has 3 aromatic rings. The summed E-state index contributed by atoms with van der Waals surface area (Å²) in [7, 11) is 3.04. The van der Waals surface area contributed by atoms with Gasteiger partial charge in [0.2, 0.25) is 0 Å². The molecule has 7 heteroatoms. The third kappa shape index (κ3) is 2.44. The molecular formula is C15H13N3O4. The molecule has 112 valence electrons. The summed E-state index contributed by atoms with van der Waals surface area (Å²) in [6.07, 6.45) is 1.59. The Balaban J connectivity index is 1.88. The third-order valence-corrected chi connectivity index (χ3v) is 3.13. The summed E-state index contributed by atoms with van der Waals surface area (Å²) in [4.78, 5) is 16.3. The number of anilines is 1. The van der Waals surface area contributed by atoms with Gasteiger partial charge in [-0.25, -0.2) is 4.98 Å². The van der Waals surface area contributed by atoms with Crippen LogP contribution in [0.2, 0.25) is 0 Å². The Morgan fingerprint density at radius 2 is 2.00 bits per heavy atom. The summed E-state index contributed by atoms with van der Waals surface area (Å²) in [6, 6.07) is 8.40. The van der Waals surface area contributed by atoms with Crippen molar-refractivity contribution in [1.29, 1.82) is 0 Å². The molecule has 2 aromatic heterocycles. The fraction of sp³-hybridized carbons (Fsp3) is 0.133. The van der Waals surface area contributed by atoms with E-state index in [-0.39, 0.29) is 5.91 Å². The first-order chi connectivity index (χ1) is 10.7. The van der Waals surface area contributed by atoms with Crippen molar-refractivity contribution in [2.24, 2.45) is 0 Å². The number of fused-ring (bicyclic) bond motifs is 1. The second-order valence-corrected chi connectivity index (χ2v) is 4.41. The number of carbonyl (C=O) groups is 1. The number of ether oxygens (including phenoxy) is 2. The number of rotatable bonds is 4. The molecule has 0 unspecified atom stereocenters. The van der Waals surface area contributed by atoms with Crippen LogP contribution in [0, 0.1) is 0 Å². The lowest BCUT2D eigenvalue weighted by Gasteiger charge is -2.09. The van der Waals surface area contributed by atoms with Crippen molar-refractivity contribution >= 4 is 22.8 Å². The molecule has 0 radical (unpaired) electrons. The topological polar surface area (TPSA) is 86.5 Å². The van der Waals surface area contributed by atoms with Crippen LogP contribution in [-0.2, 0) is 0 Å². The minimum atomic E-state index is -0.333.